The van der Waals surface area contributed by atoms with Crippen LogP contribution in [0.5, 0.6) is 0 Å². The Morgan fingerprint density at radius 2 is 2.32 bits per heavy atom. The lowest BCUT2D eigenvalue weighted by Gasteiger charge is -2.12. The molecule has 0 saturated heterocycles. The van der Waals surface area contributed by atoms with E-state index >= 15 is 0 Å². The van der Waals surface area contributed by atoms with Gasteiger partial charge in [0.05, 0.1) is 5.69 Å². The van der Waals surface area contributed by atoms with E-state index in [4.69, 9.17) is 0 Å². The van der Waals surface area contributed by atoms with Crippen LogP contribution >= 0.6 is 22.7 Å². The van der Waals surface area contributed by atoms with Crippen LogP contribution in [0.25, 0.3) is 4.96 Å². The number of rotatable bonds is 5. The van der Waals surface area contributed by atoms with Crippen molar-refractivity contribution in [1.82, 2.24) is 14.7 Å². The summed E-state index contributed by atoms with van der Waals surface area (Å²) >= 11 is 3.58. The predicted octanol–water partition coefficient (Wildman–Crippen LogP) is 3.52. The van der Waals surface area contributed by atoms with Crippen molar-refractivity contribution in [2.24, 2.45) is 0 Å². The highest BCUT2D eigenvalue weighted by atomic mass is 32.1. The SMILES string of the molecule is CCc1ccc(C(Cc2cn3ccsc3n2)NC)s1. The number of nitrogens with one attached hydrogen (secondary N) is 1. The van der Waals surface area contributed by atoms with E-state index in [2.05, 4.69) is 51.5 Å². The number of hydrogen-bond acceptors (Lipinski definition) is 4. The minimum atomic E-state index is 0.356. The summed E-state index contributed by atoms with van der Waals surface area (Å²) in [6.07, 6.45) is 6.24. The molecule has 0 bridgehead atoms. The summed E-state index contributed by atoms with van der Waals surface area (Å²) in [5, 5.41) is 5.47. The molecule has 0 fully saturated rings. The summed E-state index contributed by atoms with van der Waals surface area (Å²) in [4.78, 5) is 8.58. The van der Waals surface area contributed by atoms with Crippen molar-refractivity contribution in [1.29, 1.82) is 0 Å². The Morgan fingerprint density at radius 3 is 3.00 bits per heavy atom. The van der Waals surface area contributed by atoms with Gasteiger partial charge in [-0.15, -0.1) is 22.7 Å². The van der Waals surface area contributed by atoms with E-state index in [0.717, 1.165) is 23.5 Å². The fraction of sp³-hybridized carbons (Fsp3) is 0.357. The first-order valence-electron chi connectivity index (χ1n) is 6.47. The molecule has 0 radical (unpaired) electrons. The van der Waals surface area contributed by atoms with E-state index in [1.165, 1.54) is 9.75 Å². The number of aryl methyl sites for hydroxylation is 1. The molecule has 1 atom stereocenters. The second kappa shape index (κ2) is 5.45. The van der Waals surface area contributed by atoms with Crippen LogP contribution < -0.4 is 5.32 Å². The van der Waals surface area contributed by atoms with Crippen molar-refractivity contribution < 1.29 is 0 Å². The molecule has 0 aliphatic carbocycles. The summed E-state index contributed by atoms with van der Waals surface area (Å²) in [5.41, 5.74) is 1.15. The lowest BCUT2D eigenvalue weighted by Crippen LogP contribution is -2.17. The highest BCUT2D eigenvalue weighted by molar-refractivity contribution is 7.15. The number of fused-ring (bicyclic) bond motifs is 1. The van der Waals surface area contributed by atoms with Crippen molar-refractivity contribution in [2.75, 3.05) is 7.05 Å². The summed E-state index contributed by atoms with van der Waals surface area (Å²) in [6, 6.07) is 4.83. The van der Waals surface area contributed by atoms with Gasteiger partial charge in [-0.3, -0.25) is 4.40 Å². The molecule has 3 heterocycles. The normalized spacial score (nSPS) is 13.2. The van der Waals surface area contributed by atoms with Crippen LogP contribution in [0.2, 0.25) is 0 Å². The minimum Gasteiger partial charge on any atom is -0.312 e. The maximum absolute atomic E-state index is 4.66. The molecule has 19 heavy (non-hydrogen) atoms. The molecule has 3 rings (SSSR count). The molecule has 0 aliphatic heterocycles. The van der Waals surface area contributed by atoms with Gasteiger partial charge in [-0.25, -0.2) is 4.98 Å². The summed E-state index contributed by atoms with van der Waals surface area (Å²) in [7, 11) is 2.02. The van der Waals surface area contributed by atoms with Crippen LogP contribution in [-0.4, -0.2) is 16.4 Å². The van der Waals surface area contributed by atoms with Gasteiger partial charge in [-0.1, -0.05) is 6.92 Å². The quantitative estimate of drug-likeness (QED) is 0.779. The number of hydrogen-bond donors (Lipinski definition) is 1. The Hall–Kier alpha value is -1.17. The van der Waals surface area contributed by atoms with Gasteiger partial charge >= 0.3 is 0 Å². The lowest BCUT2D eigenvalue weighted by atomic mass is 10.1. The van der Waals surface area contributed by atoms with Crippen molar-refractivity contribution in [3.63, 3.8) is 0 Å². The monoisotopic (exact) mass is 291 g/mol. The van der Waals surface area contributed by atoms with E-state index in [0.29, 0.717) is 6.04 Å². The van der Waals surface area contributed by atoms with Gasteiger partial charge in [0.15, 0.2) is 4.96 Å². The van der Waals surface area contributed by atoms with Crippen LogP contribution in [0.3, 0.4) is 0 Å². The number of thiazole rings is 1. The van der Waals surface area contributed by atoms with Crippen LogP contribution in [0.4, 0.5) is 0 Å². The van der Waals surface area contributed by atoms with E-state index < -0.39 is 0 Å². The molecule has 0 amide bonds. The molecule has 0 aromatic carbocycles. The second-order valence-electron chi connectivity index (χ2n) is 4.53. The largest absolute Gasteiger partial charge is 0.312 e. The van der Waals surface area contributed by atoms with Gasteiger partial charge < -0.3 is 5.32 Å². The lowest BCUT2D eigenvalue weighted by molar-refractivity contribution is 0.596. The average molecular weight is 291 g/mol. The number of imidazole rings is 1. The first-order chi connectivity index (χ1) is 9.30. The molecule has 0 aliphatic rings. The predicted molar refractivity (Wildman–Crippen MR) is 82.3 cm³/mol. The molecule has 1 N–H and O–H groups in total. The zero-order valence-corrected chi connectivity index (χ0v) is 12.7. The zero-order valence-electron chi connectivity index (χ0n) is 11.1. The molecule has 1 unspecified atom stereocenters. The van der Waals surface area contributed by atoms with E-state index in [9.17, 15) is 0 Å². The molecule has 3 nitrogen and oxygen atoms in total. The smallest absolute Gasteiger partial charge is 0.193 e. The Bertz CT molecular complexity index is 636. The highest BCUT2D eigenvalue weighted by Crippen LogP contribution is 2.26. The second-order valence-corrected chi connectivity index (χ2v) is 6.60. The Kier molecular flexibility index (Phi) is 3.68. The molecular formula is C14H17N3S2. The summed E-state index contributed by atoms with van der Waals surface area (Å²) in [6.45, 7) is 2.20. The van der Waals surface area contributed by atoms with Crippen LogP contribution in [0, 0.1) is 0 Å². The number of thiophene rings is 1. The molecule has 3 aromatic rings. The molecule has 3 aromatic heterocycles. The Balaban J connectivity index is 1.80. The van der Waals surface area contributed by atoms with Crippen molar-refractivity contribution in [3.05, 3.63) is 45.4 Å². The number of aromatic nitrogens is 2. The maximum atomic E-state index is 4.66. The Morgan fingerprint density at radius 1 is 1.42 bits per heavy atom. The molecule has 100 valence electrons. The third kappa shape index (κ3) is 2.59. The van der Waals surface area contributed by atoms with E-state index in [1.807, 2.05) is 18.4 Å². The van der Waals surface area contributed by atoms with Crippen molar-refractivity contribution >= 4 is 27.6 Å². The molecule has 0 spiro atoms. The number of likely N-dealkylation sites (N-methyl/N-ethyl adjacent to an activating group) is 1. The molecule has 0 saturated carbocycles. The van der Waals surface area contributed by atoms with Gasteiger partial charge in [0.25, 0.3) is 0 Å². The van der Waals surface area contributed by atoms with E-state index in [1.54, 1.807) is 11.3 Å². The highest BCUT2D eigenvalue weighted by Gasteiger charge is 2.14. The molecule has 5 heteroatoms. The fourth-order valence-corrected chi connectivity index (χ4v) is 3.98. The van der Waals surface area contributed by atoms with Crippen molar-refractivity contribution in [2.45, 2.75) is 25.8 Å². The number of nitrogens with zero attached hydrogens (tertiary/aromatic N) is 2. The van der Waals surface area contributed by atoms with Gasteiger partial charge in [0.2, 0.25) is 0 Å². The summed E-state index contributed by atoms with van der Waals surface area (Å²) in [5.74, 6) is 0. The van der Waals surface area contributed by atoms with Crippen molar-refractivity contribution in [3.8, 4) is 0 Å². The van der Waals surface area contributed by atoms with Gasteiger partial charge in [-0.2, -0.15) is 0 Å². The van der Waals surface area contributed by atoms with Crippen LogP contribution in [0.15, 0.2) is 29.9 Å². The standard InChI is InChI=1S/C14H17N3S2/c1-3-11-4-5-13(19-11)12(15-2)8-10-9-17-6-7-18-14(17)16-10/h4-7,9,12,15H,3,8H2,1-2H3. The van der Waals surface area contributed by atoms with Gasteiger partial charge in [0.1, 0.15) is 0 Å². The van der Waals surface area contributed by atoms with E-state index in [-0.39, 0.29) is 0 Å². The average Bonchev–Trinajstić information content (AvgIpc) is 3.10. The van der Waals surface area contributed by atoms with Gasteiger partial charge in [0, 0.05) is 40.0 Å². The third-order valence-corrected chi connectivity index (χ3v) is 5.39. The first kappa shape index (κ1) is 12.8. The van der Waals surface area contributed by atoms with Crippen LogP contribution in [0.1, 0.15) is 28.4 Å². The first-order valence-corrected chi connectivity index (χ1v) is 8.16. The maximum Gasteiger partial charge on any atom is 0.193 e. The molecular weight excluding hydrogens is 274 g/mol. The third-order valence-electron chi connectivity index (χ3n) is 3.28. The topological polar surface area (TPSA) is 29.3 Å². The summed E-state index contributed by atoms with van der Waals surface area (Å²) < 4.78 is 2.10. The van der Waals surface area contributed by atoms with Gasteiger partial charge in [-0.05, 0) is 25.6 Å². The Labute approximate surface area is 120 Å². The fourth-order valence-electron chi connectivity index (χ4n) is 2.20. The zero-order chi connectivity index (χ0) is 13.2. The minimum absolute atomic E-state index is 0.356. The van der Waals surface area contributed by atoms with Crippen LogP contribution in [-0.2, 0) is 12.8 Å².